The third kappa shape index (κ3) is 6.19. The maximum absolute atomic E-state index is 12.8. The van der Waals surface area contributed by atoms with Gasteiger partial charge in [0.05, 0.1) is 18.3 Å². The molecule has 8 heteroatoms. The van der Waals surface area contributed by atoms with E-state index >= 15 is 0 Å². The van der Waals surface area contributed by atoms with E-state index in [1.165, 1.54) is 0 Å². The Kier molecular flexibility index (Phi) is 8.73. The molecule has 1 unspecified atom stereocenters. The normalized spacial score (nSPS) is 15.9. The average Bonchev–Trinajstić information content (AvgIpc) is 3.17. The van der Waals surface area contributed by atoms with Crippen LogP contribution in [-0.4, -0.2) is 34.0 Å². The van der Waals surface area contributed by atoms with Gasteiger partial charge in [-0.15, -0.1) is 17.5 Å². The van der Waals surface area contributed by atoms with Gasteiger partial charge in [-0.25, -0.2) is 4.68 Å². The molecule has 3 rings (SSSR count). The Morgan fingerprint density at radius 3 is 2.57 bits per heavy atom. The quantitative estimate of drug-likeness (QED) is 0.697. The van der Waals surface area contributed by atoms with Crippen molar-refractivity contribution >= 4 is 29.9 Å². The summed E-state index contributed by atoms with van der Waals surface area (Å²) in [6, 6.07) is 7.91. The molecule has 0 bridgehead atoms. The van der Waals surface area contributed by atoms with E-state index in [4.69, 9.17) is 11.6 Å². The van der Waals surface area contributed by atoms with E-state index in [0.29, 0.717) is 22.7 Å². The van der Waals surface area contributed by atoms with Crippen LogP contribution in [0.1, 0.15) is 67.7 Å². The number of hydrogen-bond donors (Lipinski definition) is 2. The SMILES string of the molecule is CC(C)CCC(NC(=O)c1cn(C2CCNCC2)nn1)c1ccc(Cl)cc1.Cl. The third-order valence-electron chi connectivity index (χ3n) is 5.04. The number of aromatic nitrogens is 3. The summed E-state index contributed by atoms with van der Waals surface area (Å²) >= 11 is 6.01. The van der Waals surface area contributed by atoms with Crippen molar-refractivity contribution in [2.45, 2.75) is 51.6 Å². The average molecular weight is 426 g/mol. The van der Waals surface area contributed by atoms with E-state index in [0.717, 1.165) is 44.3 Å². The minimum Gasteiger partial charge on any atom is -0.344 e. The highest BCUT2D eigenvalue weighted by molar-refractivity contribution is 6.30. The lowest BCUT2D eigenvalue weighted by atomic mass is 9.97. The molecule has 1 aliphatic heterocycles. The lowest BCUT2D eigenvalue weighted by Crippen LogP contribution is -2.30. The summed E-state index contributed by atoms with van der Waals surface area (Å²) in [6.07, 6.45) is 5.67. The molecule has 1 atom stereocenters. The van der Waals surface area contributed by atoms with Crippen LogP contribution in [0.4, 0.5) is 0 Å². The van der Waals surface area contributed by atoms with E-state index in [2.05, 4.69) is 34.8 Å². The first kappa shape index (κ1) is 22.7. The van der Waals surface area contributed by atoms with Gasteiger partial charge in [-0.05, 0) is 62.4 Å². The molecule has 1 aliphatic rings. The van der Waals surface area contributed by atoms with E-state index in [1.807, 2.05) is 28.9 Å². The van der Waals surface area contributed by atoms with E-state index in [-0.39, 0.29) is 24.4 Å². The van der Waals surface area contributed by atoms with Gasteiger partial charge in [0.1, 0.15) is 0 Å². The number of carbonyl (C=O) groups excluding carboxylic acids is 1. The molecule has 0 saturated carbocycles. The number of hydrogen-bond acceptors (Lipinski definition) is 4. The van der Waals surface area contributed by atoms with Crippen molar-refractivity contribution in [3.8, 4) is 0 Å². The number of carbonyl (C=O) groups is 1. The van der Waals surface area contributed by atoms with Crippen LogP contribution in [-0.2, 0) is 0 Å². The molecule has 1 fully saturated rings. The fraction of sp³-hybridized carbons (Fsp3) is 0.550. The Morgan fingerprint density at radius 1 is 1.25 bits per heavy atom. The van der Waals surface area contributed by atoms with Gasteiger partial charge in [0, 0.05) is 5.02 Å². The second-order valence-electron chi connectivity index (χ2n) is 7.61. The van der Waals surface area contributed by atoms with E-state index < -0.39 is 0 Å². The molecule has 2 N–H and O–H groups in total. The van der Waals surface area contributed by atoms with Crippen molar-refractivity contribution < 1.29 is 4.79 Å². The largest absolute Gasteiger partial charge is 0.344 e. The Hall–Kier alpha value is -1.63. The highest BCUT2D eigenvalue weighted by Gasteiger charge is 2.21. The van der Waals surface area contributed by atoms with Crippen molar-refractivity contribution in [3.63, 3.8) is 0 Å². The number of nitrogens with one attached hydrogen (secondary N) is 2. The minimum atomic E-state index is -0.182. The maximum atomic E-state index is 12.8. The molecule has 0 spiro atoms. The number of nitrogens with zero attached hydrogens (tertiary/aromatic N) is 3. The number of benzene rings is 1. The number of amides is 1. The lowest BCUT2D eigenvalue weighted by Gasteiger charge is -2.22. The third-order valence-corrected chi connectivity index (χ3v) is 5.29. The van der Waals surface area contributed by atoms with Crippen LogP contribution in [0.5, 0.6) is 0 Å². The summed E-state index contributed by atoms with van der Waals surface area (Å²) in [6.45, 7) is 6.32. The molecule has 1 aromatic carbocycles. The number of rotatable bonds is 7. The molecule has 1 amide bonds. The standard InChI is InChI=1S/C20H28ClN5O.ClH/c1-14(2)3-8-18(15-4-6-16(21)7-5-15)23-20(27)19-13-26(25-24-19)17-9-11-22-12-10-17;/h4-7,13-14,17-18,22H,3,8-12H2,1-2H3,(H,23,27);1H. The fourth-order valence-corrected chi connectivity index (χ4v) is 3.51. The second kappa shape index (κ2) is 10.8. The molecular weight excluding hydrogens is 397 g/mol. The molecule has 2 aromatic rings. The van der Waals surface area contributed by atoms with E-state index in [1.54, 1.807) is 6.20 Å². The number of piperidine rings is 1. The van der Waals surface area contributed by atoms with Crippen LogP contribution in [0, 0.1) is 5.92 Å². The summed E-state index contributed by atoms with van der Waals surface area (Å²) in [5.41, 5.74) is 1.43. The molecule has 1 saturated heterocycles. The summed E-state index contributed by atoms with van der Waals surface area (Å²) in [5, 5.41) is 15.5. The Balaban J connectivity index is 0.00000280. The first-order valence-electron chi connectivity index (χ1n) is 9.72. The molecular formula is C20H29Cl2N5O. The first-order chi connectivity index (χ1) is 13.0. The van der Waals surface area contributed by atoms with Crippen LogP contribution >= 0.6 is 24.0 Å². The van der Waals surface area contributed by atoms with Gasteiger partial charge in [-0.1, -0.05) is 42.8 Å². The number of halogens is 2. The summed E-state index contributed by atoms with van der Waals surface area (Å²) < 4.78 is 1.83. The van der Waals surface area contributed by atoms with Gasteiger partial charge in [-0.3, -0.25) is 4.79 Å². The van der Waals surface area contributed by atoms with Gasteiger partial charge in [-0.2, -0.15) is 0 Å². The molecule has 0 radical (unpaired) electrons. The molecule has 0 aliphatic carbocycles. The molecule has 1 aromatic heterocycles. The van der Waals surface area contributed by atoms with E-state index in [9.17, 15) is 4.79 Å². The highest BCUT2D eigenvalue weighted by Crippen LogP contribution is 2.23. The van der Waals surface area contributed by atoms with Crippen LogP contribution in [0.2, 0.25) is 5.02 Å². The summed E-state index contributed by atoms with van der Waals surface area (Å²) in [7, 11) is 0. The zero-order valence-corrected chi connectivity index (χ0v) is 18.0. The molecule has 154 valence electrons. The molecule has 28 heavy (non-hydrogen) atoms. The van der Waals surface area contributed by atoms with Gasteiger partial charge in [0.2, 0.25) is 0 Å². The van der Waals surface area contributed by atoms with Crippen molar-refractivity contribution in [2.24, 2.45) is 5.92 Å². The maximum Gasteiger partial charge on any atom is 0.273 e. The Morgan fingerprint density at radius 2 is 1.93 bits per heavy atom. The van der Waals surface area contributed by atoms with Gasteiger partial charge >= 0.3 is 0 Å². The monoisotopic (exact) mass is 425 g/mol. The minimum absolute atomic E-state index is 0. The first-order valence-corrected chi connectivity index (χ1v) is 10.1. The Labute approximate surface area is 177 Å². The van der Waals surface area contributed by atoms with Crippen LogP contribution in [0.25, 0.3) is 0 Å². The molecule has 2 heterocycles. The van der Waals surface area contributed by atoms with Crippen molar-refractivity contribution in [1.29, 1.82) is 0 Å². The zero-order chi connectivity index (χ0) is 19.2. The van der Waals surface area contributed by atoms with Gasteiger partial charge < -0.3 is 10.6 Å². The van der Waals surface area contributed by atoms with Crippen LogP contribution in [0.15, 0.2) is 30.5 Å². The summed E-state index contributed by atoms with van der Waals surface area (Å²) in [5.74, 6) is 0.386. The zero-order valence-electron chi connectivity index (χ0n) is 16.4. The topological polar surface area (TPSA) is 71.8 Å². The lowest BCUT2D eigenvalue weighted by molar-refractivity contribution is 0.0928. The fourth-order valence-electron chi connectivity index (χ4n) is 3.38. The second-order valence-corrected chi connectivity index (χ2v) is 8.05. The van der Waals surface area contributed by atoms with Crippen molar-refractivity contribution in [2.75, 3.05) is 13.1 Å². The summed E-state index contributed by atoms with van der Waals surface area (Å²) in [4.78, 5) is 12.8. The van der Waals surface area contributed by atoms with Crippen molar-refractivity contribution in [1.82, 2.24) is 25.6 Å². The molecule has 6 nitrogen and oxygen atoms in total. The smallest absolute Gasteiger partial charge is 0.273 e. The van der Waals surface area contributed by atoms with Gasteiger partial charge in [0.25, 0.3) is 5.91 Å². The van der Waals surface area contributed by atoms with Crippen LogP contribution < -0.4 is 10.6 Å². The van der Waals surface area contributed by atoms with Crippen LogP contribution in [0.3, 0.4) is 0 Å². The highest BCUT2D eigenvalue weighted by atomic mass is 35.5. The predicted octanol–water partition coefficient (Wildman–Crippen LogP) is 4.19. The van der Waals surface area contributed by atoms with Crippen molar-refractivity contribution in [3.05, 3.63) is 46.7 Å². The Bertz CT molecular complexity index is 741. The predicted molar refractivity (Wildman–Crippen MR) is 114 cm³/mol. The van der Waals surface area contributed by atoms with Gasteiger partial charge in [0.15, 0.2) is 5.69 Å².